The van der Waals surface area contributed by atoms with Crippen molar-refractivity contribution in [3.8, 4) is 0 Å². The summed E-state index contributed by atoms with van der Waals surface area (Å²) < 4.78 is 26.9. The number of piperidine rings is 1. The van der Waals surface area contributed by atoms with Crippen LogP contribution in [-0.4, -0.2) is 19.1 Å². The summed E-state index contributed by atoms with van der Waals surface area (Å²) >= 11 is 0. The number of hydrogen-bond donors (Lipinski definition) is 1. The molecule has 1 fully saturated rings. The van der Waals surface area contributed by atoms with E-state index in [1.165, 1.54) is 12.5 Å². The first kappa shape index (κ1) is 9.87. The average molecular weight is 224 g/mol. The van der Waals surface area contributed by atoms with Crippen LogP contribution in [0.4, 0.5) is 20.2 Å². The molecule has 0 bridgehead atoms. The van der Waals surface area contributed by atoms with Crippen molar-refractivity contribution in [2.45, 2.75) is 25.3 Å². The van der Waals surface area contributed by atoms with Crippen LogP contribution in [0.15, 0.2) is 12.1 Å². The van der Waals surface area contributed by atoms with Crippen LogP contribution in [0.1, 0.15) is 19.3 Å². The summed E-state index contributed by atoms with van der Waals surface area (Å²) in [4.78, 5) is 2.09. The minimum Gasteiger partial charge on any atom is -0.381 e. The lowest BCUT2D eigenvalue weighted by Gasteiger charge is -2.42. The molecule has 1 aromatic rings. The monoisotopic (exact) mass is 224 g/mol. The maximum atomic E-state index is 13.8. The summed E-state index contributed by atoms with van der Waals surface area (Å²) in [7, 11) is 0. The molecular formula is C12H14F2N2. The number of benzene rings is 1. The second-order valence-corrected chi connectivity index (χ2v) is 4.51. The molecular weight excluding hydrogens is 210 g/mol. The molecule has 16 heavy (non-hydrogen) atoms. The van der Waals surface area contributed by atoms with Gasteiger partial charge in [-0.15, -0.1) is 0 Å². The molecule has 2 heterocycles. The van der Waals surface area contributed by atoms with Crippen LogP contribution in [-0.2, 0) is 0 Å². The molecule has 1 N–H and O–H groups in total. The van der Waals surface area contributed by atoms with Gasteiger partial charge in [-0.05, 0) is 25.3 Å². The molecule has 0 saturated carbocycles. The topological polar surface area (TPSA) is 15.3 Å². The van der Waals surface area contributed by atoms with Gasteiger partial charge in [0.15, 0.2) is 5.82 Å². The Labute approximate surface area is 93.3 Å². The van der Waals surface area contributed by atoms with Gasteiger partial charge in [-0.25, -0.2) is 8.78 Å². The van der Waals surface area contributed by atoms with E-state index < -0.39 is 11.6 Å². The van der Waals surface area contributed by atoms with E-state index in [1.807, 2.05) is 0 Å². The predicted molar refractivity (Wildman–Crippen MR) is 59.8 cm³/mol. The summed E-state index contributed by atoms with van der Waals surface area (Å²) in [6.07, 6.45) is 3.37. The van der Waals surface area contributed by atoms with Crippen LogP contribution in [0, 0.1) is 11.6 Å². The van der Waals surface area contributed by atoms with Crippen molar-refractivity contribution in [1.82, 2.24) is 0 Å². The molecule has 1 aromatic carbocycles. The Kier molecular flexibility index (Phi) is 2.23. The molecule has 4 heteroatoms. The predicted octanol–water partition coefficient (Wildman–Crippen LogP) is 2.75. The first-order chi connectivity index (χ1) is 7.75. The van der Waals surface area contributed by atoms with E-state index in [2.05, 4.69) is 10.2 Å². The second-order valence-electron chi connectivity index (χ2n) is 4.51. The van der Waals surface area contributed by atoms with E-state index in [4.69, 9.17) is 0 Å². The van der Waals surface area contributed by atoms with Gasteiger partial charge in [0, 0.05) is 25.2 Å². The molecule has 1 saturated heterocycles. The Morgan fingerprint density at radius 2 is 2.12 bits per heavy atom. The molecule has 0 aromatic heterocycles. The van der Waals surface area contributed by atoms with Crippen LogP contribution >= 0.6 is 0 Å². The number of fused-ring (bicyclic) bond motifs is 3. The lowest BCUT2D eigenvalue weighted by molar-refractivity contribution is 0.455. The lowest BCUT2D eigenvalue weighted by Crippen LogP contribution is -2.47. The second kappa shape index (κ2) is 3.61. The highest BCUT2D eigenvalue weighted by molar-refractivity contribution is 5.73. The van der Waals surface area contributed by atoms with E-state index in [9.17, 15) is 8.78 Å². The van der Waals surface area contributed by atoms with Gasteiger partial charge in [-0.3, -0.25) is 0 Å². The van der Waals surface area contributed by atoms with Crippen LogP contribution < -0.4 is 10.2 Å². The van der Waals surface area contributed by atoms with Crippen molar-refractivity contribution >= 4 is 11.4 Å². The fourth-order valence-corrected chi connectivity index (χ4v) is 2.73. The minimum absolute atomic E-state index is 0.362. The van der Waals surface area contributed by atoms with E-state index in [1.54, 1.807) is 0 Å². The highest BCUT2D eigenvalue weighted by Crippen LogP contribution is 2.37. The number of nitrogens with zero attached hydrogens (tertiary/aromatic N) is 1. The molecule has 0 spiro atoms. The molecule has 1 unspecified atom stereocenters. The van der Waals surface area contributed by atoms with Crippen molar-refractivity contribution in [2.75, 3.05) is 23.3 Å². The number of anilines is 2. The minimum atomic E-state index is -0.515. The third-order valence-electron chi connectivity index (χ3n) is 3.47. The van der Waals surface area contributed by atoms with Gasteiger partial charge in [0.05, 0.1) is 11.4 Å². The molecule has 3 rings (SSSR count). The highest BCUT2D eigenvalue weighted by atomic mass is 19.1. The van der Waals surface area contributed by atoms with Crippen molar-refractivity contribution in [2.24, 2.45) is 0 Å². The van der Waals surface area contributed by atoms with Gasteiger partial charge >= 0.3 is 0 Å². The Morgan fingerprint density at radius 3 is 3.00 bits per heavy atom. The number of rotatable bonds is 0. The fraction of sp³-hybridized carbons (Fsp3) is 0.500. The Hall–Kier alpha value is -1.32. The average Bonchev–Trinajstić information content (AvgIpc) is 2.28. The summed E-state index contributed by atoms with van der Waals surface area (Å²) in [5, 5.41) is 3.12. The first-order valence-electron chi connectivity index (χ1n) is 5.75. The number of hydrogen-bond acceptors (Lipinski definition) is 2. The van der Waals surface area contributed by atoms with E-state index in [-0.39, 0.29) is 0 Å². The zero-order valence-corrected chi connectivity index (χ0v) is 8.97. The van der Waals surface area contributed by atoms with Gasteiger partial charge in [0.2, 0.25) is 0 Å². The van der Waals surface area contributed by atoms with Crippen molar-refractivity contribution in [1.29, 1.82) is 0 Å². The Morgan fingerprint density at radius 1 is 1.25 bits per heavy atom. The molecule has 1 atom stereocenters. The molecule has 0 radical (unpaired) electrons. The van der Waals surface area contributed by atoms with Gasteiger partial charge < -0.3 is 10.2 Å². The van der Waals surface area contributed by atoms with E-state index in [0.29, 0.717) is 17.4 Å². The molecule has 2 aliphatic heterocycles. The van der Waals surface area contributed by atoms with Crippen molar-refractivity contribution < 1.29 is 8.78 Å². The third-order valence-corrected chi connectivity index (χ3v) is 3.47. The van der Waals surface area contributed by atoms with Gasteiger partial charge in [0.25, 0.3) is 0 Å². The molecule has 0 amide bonds. The SMILES string of the molecule is Fc1cc(F)c2c(c1)NCC1CCCCN21. The maximum absolute atomic E-state index is 13.8. The van der Waals surface area contributed by atoms with Gasteiger partial charge in [-0.2, -0.15) is 0 Å². The largest absolute Gasteiger partial charge is 0.381 e. The van der Waals surface area contributed by atoms with Gasteiger partial charge in [0.1, 0.15) is 5.82 Å². The Balaban J connectivity index is 2.07. The van der Waals surface area contributed by atoms with Gasteiger partial charge in [-0.1, -0.05) is 0 Å². The Bertz CT molecular complexity index is 420. The number of halogens is 2. The zero-order valence-electron chi connectivity index (χ0n) is 8.97. The van der Waals surface area contributed by atoms with Crippen LogP contribution in [0.3, 0.4) is 0 Å². The summed E-state index contributed by atoms with van der Waals surface area (Å²) in [5.74, 6) is -0.965. The zero-order chi connectivity index (χ0) is 11.1. The quantitative estimate of drug-likeness (QED) is 0.729. The fourth-order valence-electron chi connectivity index (χ4n) is 2.73. The summed E-state index contributed by atoms with van der Waals surface area (Å²) in [6, 6.07) is 2.71. The standard InChI is InChI=1S/C12H14F2N2/c13-8-5-10(14)12-11(6-8)15-7-9-3-1-2-4-16(9)12/h5-6,9,15H,1-4,7H2. The van der Waals surface area contributed by atoms with Crippen molar-refractivity contribution in [3.05, 3.63) is 23.8 Å². The lowest BCUT2D eigenvalue weighted by atomic mass is 9.98. The molecule has 0 aliphatic carbocycles. The van der Waals surface area contributed by atoms with E-state index >= 15 is 0 Å². The summed E-state index contributed by atoms with van der Waals surface area (Å²) in [5.41, 5.74) is 1.15. The van der Waals surface area contributed by atoms with E-state index in [0.717, 1.165) is 32.0 Å². The normalized spacial score (nSPS) is 23.4. The molecule has 86 valence electrons. The van der Waals surface area contributed by atoms with Crippen LogP contribution in [0.25, 0.3) is 0 Å². The smallest absolute Gasteiger partial charge is 0.151 e. The summed E-state index contributed by atoms with van der Waals surface area (Å²) in [6.45, 7) is 1.66. The number of nitrogens with one attached hydrogen (secondary N) is 1. The van der Waals surface area contributed by atoms with Crippen LogP contribution in [0.2, 0.25) is 0 Å². The molecule has 2 nitrogen and oxygen atoms in total. The highest BCUT2D eigenvalue weighted by Gasteiger charge is 2.30. The first-order valence-corrected chi connectivity index (χ1v) is 5.75. The van der Waals surface area contributed by atoms with Crippen molar-refractivity contribution in [3.63, 3.8) is 0 Å². The van der Waals surface area contributed by atoms with Crippen LogP contribution in [0.5, 0.6) is 0 Å². The third kappa shape index (κ3) is 1.44. The molecule has 2 aliphatic rings. The maximum Gasteiger partial charge on any atom is 0.151 e.